The number of nitrogens with zero attached hydrogens (tertiary/aromatic N) is 3. The first kappa shape index (κ1) is 29.0. The van der Waals surface area contributed by atoms with Crippen molar-refractivity contribution in [3.8, 4) is 17.0 Å². The van der Waals surface area contributed by atoms with Crippen LogP contribution in [0.5, 0.6) is 5.88 Å². The van der Waals surface area contributed by atoms with E-state index in [-0.39, 0.29) is 23.4 Å². The van der Waals surface area contributed by atoms with E-state index >= 15 is 0 Å². The van der Waals surface area contributed by atoms with Crippen LogP contribution in [0, 0.1) is 5.41 Å². The monoisotopic (exact) mass is 563 g/mol. The van der Waals surface area contributed by atoms with Crippen LogP contribution in [0.15, 0.2) is 60.7 Å². The highest BCUT2D eigenvalue weighted by molar-refractivity contribution is 6.30. The third-order valence-electron chi connectivity index (χ3n) is 6.59. The van der Waals surface area contributed by atoms with Crippen molar-refractivity contribution in [2.75, 3.05) is 46.4 Å². The zero-order valence-electron chi connectivity index (χ0n) is 22.3. The van der Waals surface area contributed by atoms with Crippen molar-refractivity contribution in [2.24, 2.45) is 5.41 Å². The van der Waals surface area contributed by atoms with Crippen molar-refractivity contribution < 1.29 is 27.4 Å². The van der Waals surface area contributed by atoms with Crippen molar-refractivity contribution in [3.63, 3.8) is 0 Å². The van der Waals surface area contributed by atoms with Crippen LogP contribution in [0.4, 0.5) is 18.0 Å². The van der Waals surface area contributed by atoms with Gasteiger partial charge in [0.25, 0.3) is 0 Å². The van der Waals surface area contributed by atoms with Crippen molar-refractivity contribution in [1.29, 1.82) is 0 Å². The van der Waals surface area contributed by atoms with Crippen LogP contribution in [0.2, 0.25) is 5.02 Å². The second-order valence-corrected chi connectivity index (χ2v) is 11.0. The maximum Gasteiger partial charge on any atom is 0.431 e. The molecule has 1 aliphatic heterocycles. The van der Waals surface area contributed by atoms with E-state index in [1.807, 2.05) is 13.8 Å². The molecule has 0 spiro atoms. The third kappa shape index (κ3) is 7.56. The molecule has 0 saturated carbocycles. The summed E-state index contributed by atoms with van der Waals surface area (Å²) in [7, 11) is 1.60. The predicted molar refractivity (Wildman–Crippen MR) is 145 cm³/mol. The smallest absolute Gasteiger partial charge is 0.392 e. The zero-order chi connectivity index (χ0) is 28.2. The number of aromatic nitrogens is 1. The molecule has 4 rings (SSSR count). The van der Waals surface area contributed by atoms with E-state index in [2.05, 4.69) is 4.90 Å². The number of carbonyl (C=O) groups excluding carboxylic acids is 1. The number of benzene rings is 2. The number of hydrogen-bond donors (Lipinski definition) is 0. The first-order valence-electron chi connectivity index (χ1n) is 12.8. The molecule has 1 amide bonds. The molecule has 0 N–H and O–H groups in total. The molecule has 0 bridgehead atoms. The number of alkyl halides is 3. The summed E-state index contributed by atoms with van der Waals surface area (Å²) in [5.41, 5.74) is 0.0554. The largest absolute Gasteiger partial charge is 0.431 e. The first-order valence-corrected chi connectivity index (χ1v) is 13.1. The van der Waals surface area contributed by atoms with Crippen LogP contribution in [0.1, 0.15) is 25.1 Å². The summed E-state index contributed by atoms with van der Waals surface area (Å²) < 4.78 is 55.0. The molecule has 1 aliphatic rings. The molecule has 2 heterocycles. The molecule has 0 radical (unpaired) electrons. The van der Waals surface area contributed by atoms with Gasteiger partial charge in [-0.25, -0.2) is 4.79 Å². The van der Waals surface area contributed by atoms with Gasteiger partial charge in [-0.15, -0.1) is 0 Å². The Labute approximate surface area is 231 Å². The fraction of sp³-hybridized carbons (Fsp3) is 0.414. The number of morpholine rings is 1. The summed E-state index contributed by atoms with van der Waals surface area (Å²) >= 11 is 6.02. The summed E-state index contributed by atoms with van der Waals surface area (Å²) in [6.45, 7) is 8.03. The molecule has 0 aliphatic carbocycles. The molecule has 1 aromatic heterocycles. The van der Waals surface area contributed by atoms with Gasteiger partial charge in [0, 0.05) is 43.8 Å². The molecule has 2 aromatic carbocycles. The molecule has 1 fully saturated rings. The van der Waals surface area contributed by atoms with E-state index < -0.39 is 18.0 Å². The lowest BCUT2D eigenvalue weighted by molar-refractivity contribution is -0.143. The Balaban J connectivity index is 1.66. The highest BCUT2D eigenvalue weighted by atomic mass is 35.5. The topological polar surface area (TPSA) is 46.9 Å². The number of rotatable bonds is 8. The second-order valence-electron chi connectivity index (χ2n) is 10.6. The average molecular weight is 564 g/mol. The van der Waals surface area contributed by atoms with Gasteiger partial charge in [-0.1, -0.05) is 67.9 Å². The standard InChI is InChI=1S/C29H33ClF3N3O3/c1-28(2,20-35-13-15-38-16-14-35)19-34(3)27(37)39-26-24(22-9-11-23(30)12-10-22)17-25(29(31,32)33)36(26)18-21-7-5-4-6-8-21/h4-12,17H,13-16,18-20H2,1-3H3. The van der Waals surface area contributed by atoms with Gasteiger partial charge in [0.05, 0.1) is 19.8 Å². The van der Waals surface area contributed by atoms with E-state index in [1.165, 1.54) is 4.90 Å². The minimum atomic E-state index is -4.67. The highest BCUT2D eigenvalue weighted by Crippen LogP contribution is 2.41. The molecule has 0 unspecified atom stereocenters. The summed E-state index contributed by atoms with van der Waals surface area (Å²) in [6, 6.07) is 16.2. The molecule has 1 saturated heterocycles. The van der Waals surface area contributed by atoms with E-state index in [9.17, 15) is 18.0 Å². The number of carbonyl (C=O) groups is 1. The Morgan fingerprint density at radius 2 is 1.69 bits per heavy atom. The van der Waals surface area contributed by atoms with Crippen molar-refractivity contribution in [3.05, 3.63) is 76.9 Å². The van der Waals surface area contributed by atoms with Gasteiger partial charge in [-0.2, -0.15) is 13.2 Å². The molecular formula is C29H33ClF3N3O3. The number of halogens is 4. The summed E-state index contributed by atoms with van der Waals surface area (Å²) in [6.07, 6.45) is -5.41. The fourth-order valence-corrected chi connectivity index (χ4v) is 5.04. The first-order chi connectivity index (χ1) is 18.4. The van der Waals surface area contributed by atoms with E-state index in [1.54, 1.807) is 61.6 Å². The molecule has 10 heteroatoms. The normalized spacial score (nSPS) is 14.8. The van der Waals surface area contributed by atoms with Gasteiger partial charge in [0.1, 0.15) is 5.69 Å². The van der Waals surface area contributed by atoms with Crippen molar-refractivity contribution >= 4 is 17.7 Å². The van der Waals surface area contributed by atoms with E-state index in [0.29, 0.717) is 35.9 Å². The van der Waals surface area contributed by atoms with Gasteiger partial charge >= 0.3 is 12.3 Å². The summed E-state index contributed by atoms with van der Waals surface area (Å²) in [4.78, 5) is 17.0. The quantitative estimate of drug-likeness (QED) is 0.307. The van der Waals surface area contributed by atoms with E-state index in [4.69, 9.17) is 21.1 Å². The van der Waals surface area contributed by atoms with Crippen LogP contribution in [-0.4, -0.2) is 66.9 Å². The third-order valence-corrected chi connectivity index (χ3v) is 6.84. The fourth-order valence-electron chi connectivity index (χ4n) is 4.92. The van der Waals surface area contributed by atoms with Crippen LogP contribution < -0.4 is 4.74 Å². The lowest BCUT2D eigenvalue weighted by atomic mass is 9.92. The van der Waals surface area contributed by atoms with Gasteiger partial charge in [-0.3, -0.25) is 4.90 Å². The Kier molecular flexibility index (Phi) is 8.93. The van der Waals surface area contributed by atoms with Gasteiger partial charge < -0.3 is 18.9 Å². The number of ether oxygens (including phenoxy) is 2. The maximum absolute atomic E-state index is 14.3. The average Bonchev–Trinajstić information content (AvgIpc) is 3.23. The lowest BCUT2D eigenvalue weighted by Crippen LogP contribution is -2.47. The molecule has 6 nitrogen and oxygen atoms in total. The van der Waals surface area contributed by atoms with Crippen LogP contribution >= 0.6 is 11.6 Å². The predicted octanol–water partition coefficient (Wildman–Crippen LogP) is 6.66. The Bertz CT molecular complexity index is 1250. The van der Waals surface area contributed by atoms with Crippen LogP contribution in [0.25, 0.3) is 11.1 Å². The lowest BCUT2D eigenvalue weighted by Gasteiger charge is -2.36. The van der Waals surface area contributed by atoms with Gasteiger partial charge in [-0.05, 0) is 34.7 Å². The van der Waals surface area contributed by atoms with Crippen LogP contribution in [0.3, 0.4) is 0 Å². The van der Waals surface area contributed by atoms with Gasteiger partial charge in [0.2, 0.25) is 5.88 Å². The van der Waals surface area contributed by atoms with E-state index in [0.717, 1.165) is 30.3 Å². The van der Waals surface area contributed by atoms with Crippen molar-refractivity contribution in [2.45, 2.75) is 26.6 Å². The second kappa shape index (κ2) is 12.0. The Morgan fingerprint density at radius 3 is 2.31 bits per heavy atom. The summed E-state index contributed by atoms with van der Waals surface area (Å²) in [5, 5.41) is 0.444. The zero-order valence-corrected chi connectivity index (χ0v) is 23.1. The summed E-state index contributed by atoms with van der Waals surface area (Å²) in [5.74, 6) is -0.170. The minimum absolute atomic E-state index is 0.127. The molecule has 39 heavy (non-hydrogen) atoms. The van der Waals surface area contributed by atoms with Gasteiger partial charge in [0.15, 0.2) is 0 Å². The molecule has 0 atom stereocenters. The number of amides is 1. The van der Waals surface area contributed by atoms with Crippen LogP contribution in [-0.2, 0) is 17.5 Å². The Hall–Kier alpha value is -3.01. The maximum atomic E-state index is 14.3. The molecule has 3 aromatic rings. The Morgan fingerprint density at radius 1 is 1.05 bits per heavy atom. The highest BCUT2D eigenvalue weighted by Gasteiger charge is 2.38. The minimum Gasteiger partial charge on any atom is -0.392 e. The number of hydrogen-bond acceptors (Lipinski definition) is 4. The SMILES string of the molecule is CN(CC(C)(C)CN1CCOCC1)C(=O)Oc1c(-c2ccc(Cl)cc2)cc(C(F)(F)F)n1Cc1ccccc1. The van der Waals surface area contributed by atoms with Crippen molar-refractivity contribution in [1.82, 2.24) is 14.4 Å². The molecule has 210 valence electrons. The molecular weight excluding hydrogens is 531 g/mol.